The van der Waals surface area contributed by atoms with E-state index < -0.39 is 11.8 Å². The lowest BCUT2D eigenvalue weighted by Crippen LogP contribution is -2.20. The molecule has 1 aromatic carbocycles. The fraction of sp³-hybridized carbons (Fsp3) is 0.771. The number of carbonyl (C=O) groups excluding carboxylic acids is 2. The molecule has 0 fully saturated rings. The van der Waals surface area contributed by atoms with Crippen LogP contribution in [0.1, 0.15) is 87.9 Å². The predicted octanol–water partition coefficient (Wildman–Crippen LogP) is 5.84. The van der Waals surface area contributed by atoms with E-state index >= 15 is 0 Å². The van der Waals surface area contributed by atoms with Gasteiger partial charge in [0.1, 0.15) is 6.61 Å². The molecule has 0 radical (unpaired) electrons. The first-order valence-electron chi connectivity index (χ1n) is 17.1. The van der Waals surface area contributed by atoms with Gasteiger partial charge >= 0.3 is 5.97 Å². The molecule has 0 saturated heterocycles. The van der Waals surface area contributed by atoms with Gasteiger partial charge in [-0.05, 0) is 6.42 Å². The first-order chi connectivity index (χ1) is 22.3. The highest BCUT2D eigenvalue weighted by molar-refractivity contribution is 6.40. The molecule has 0 spiro atoms. The first-order valence-corrected chi connectivity index (χ1v) is 17.1. The number of hydrogen-bond acceptors (Lipinski definition) is 10. The Labute approximate surface area is 271 Å². The summed E-state index contributed by atoms with van der Waals surface area (Å²) in [7, 11) is 0. The van der Waals surface area contributed by atoms with Crippen LogP contribution in [0, 0.1) is 0 Å². The zero-order valence-electron chi connectivity index (χ0n) is 27.9. The fourth-order valence-corrected chi connectivity index (χ4v) is 4.26. The van der Waals surface area contributed by atoms with Crippen LogP contribution in [0.25, 0.3) is 0 Å². The molecule has 0 heterocycles. The third-order valence-corrected chi connectivity index (χ3v) is 6.81. The smallest absolute Gasteiger partial charge is 0.379 e. The molecule has 0 aliphatic heterocycles. The van der Waals surface area contributed by atoms with Gasteiger partial charge in [0.15, 0.2) is 0 Å². The monoisotopic (exact) mass is 640 g/mol. The minimum atomic E-state index is -0.888. The second-order valence-electron chi connectivity index (χ2n) is 10.7. The van der Waals surface area contributed by atoms with Crippen molar-refractivity contribution in [3.63, 3.8) is 0 Å². The maximum Gasteiger partial charge on any atom is 0.379 e. The van der Waals surface area contributed by atoms with Crippen LogP contribution in [0.5, 0.6) is 0 Å². The van der Waals surface area contributed by atoms with E-state index in [0.717, 1.165) is 13.0 Å². The lowest BCUT2D eigenvalue weighted by Gasteiger charge is -2.09. The molecule has 0 saturated carbocycles. The van der Waals surface area contributed by atoms with Crippen LogP contribution >= 0.6 is 0 Å². The molecule has 10 heteroatoms. The van der Waals surface area contributed by atoms with E-state index in [9.17, 15) is 9.59 Å². The van der Waals surface area contributed by atoms with Gasteiger partial charge in [-0.25, -0.2) is 4.79 Å². The zero-order chi connectivity index (χ0) is 32.3. The number of benzene rings is 1. The number of esters is 1. The summed E-state index contributed by atoms with van der Waals surface area (Å²) < 4.78 is 43.3. The van der Waals surface area contributed by atoms with Crippen molar-refractivity contribution in [2.45, 2.75) is 77.6 Å². The minimum absolute atomic E-state index is 0.00826. The third-order valence-electron chi connectivity index (χ3n) is 6.81. The molecule has 10 nitrogen and oxygen atoms in total. The Hall–Kier alpha value is -1.92. The maximum atomic E-state index is 11.9. The van der Waals surface area contributed by atoms with Gasteiger partial charge in [0.25, 0.3) is 5.78 Å². The molecular formula is C35H60O10. The number of rotatable bonds is 35. The standard InChI is InChI=1S/C35H60O10/c1-2-3-4-5-6-7-8-9-10-11-15-18-38-19-20-39-21-22-40-23-24-41-25-26-42-27-28-43-29-30-44-31-32-45-35(37)34(36)33-16-13-12-14-17-33/h12-14,16-17H,2-11,15,18-32H2,1H3. The molecule has 260 valence electrons. The minimum Gasteiger partial charge on any atom is -0.457 e. The van der Waals surface area contributed by atoms with Crippen LogP contribution < -0.4 is 0 Å². The molecular weight excluding hydrogens is 580 g/mol. The normalized spacial score (nSPS) is 11.2. The average molecular weight is 641 g/mol. The second-order valence-corrected chi connectivity index (χ2v) is 10.7. The lowest BCUT2D eigenvalue weighted by atomic mass is 10.1. The van der Waals surface area contributed by atoms with Crippen molar-refractivity contribution in [3.8, 4) is 0 Å². The van der Waals surface area contributed by atoms with Gasteiger partial charge in [0.05, 0.1) is 85.9 Å². The average Bonchev–Trinajstić information content (AvgIpc) is 3.06. The van der Waals surface area contributed by atoms with E-state index in [2.05, 4.69) is 6.92 Å². The molecule has 0 aliphatic rings. The third kappa shape index (κ3) is 28.1. The summed E-state index contributed by atoms with van der Waals surface area (Å²) in [4.78, 5) is 23.6. The Morgan fingerprint density at radius 2 is 0.756 bits per heavy atom. The van der Waals surface area contributed by atoms with Gasteiger partial charge in [0.2, 0.25) is 0 Å². The molecule has 1 aromatic rings. The van der Waals surface area contributed by atoms with Gasteiger partial charge in [-0.15, -0.1) is 0 Å². The van der Waals surface area contributed by atoms with E-state index in [1.165, 1.54) is 64.2 Å². The van der Waals surface area contributed by atoms with Gasteiger partial charge in [-0.2, -0.15) is 0 Å². The van der Waals surface area contributed by atoms with E-state index in [0.29, 0.717) is 84.8 Å². The van der Waals surface area contributed by atoms with E-state index in [1.54, 1.807) is 30.3 Å². The summed E-state index contributed by atoms with van der Waals surface area (Å²) in [5, 5.41) is 0. The van der Waals surface area contributed by atoms with Crippen LogP contribution in [-0.4, -0.2) is 111 Å². The largest absolute Gasteiger partial charge is 0.457 e. The van der Waals surface area contributed by atoms with Crippen LogP contribution in [0.15, 0.2) is 30.3 Å². The molecule has 0 aliphatic carbocycles. The number of carbonyl (C=O) groups is 2. The van der Waals surface area contributed by atoms with Crippen molar-refractivity contribution in [2.75, 3.05) is 99.1 Å². The molecule has 0 N–H and O–H groups in total. The number of Topliss-reactive ketones (excluding diaryl/α,β-unsaturated/α-hetero) is 1. The van der Waals surface area contributed by atoms with Crippen LogP contribution in [0.4, 0.5) is 0 Å². The van der Waals surface area contributed by atoms with Gasteiger partial charge < -0.3 is 37.9 Å². The summed E-state index contributed by atoms with van der Waals surface area (Å²) in [5.74, 6) is -1.55. The number of hydrogen-bond donors (Lipinski definition) is 0. The second kappa shape index (κ2) is 33.4. The summed E-state index contributed by atoms with van der Waals surface area (Å²) in [6.45, 7) is 9.26. The molecule has 0 unspecified atom stereocenters. The van der Waals surface area contributed by atoms with Crippen molar-refractivity contribution in [1.29, 1.82) is 0 Å². The molecule has 0 bridgehead atoms. The zero-order valence-corrected chi connectivity index (χ0v) is 27.9. The molecule has 0 aromatic heterocycles. The van der Waals surface area contributed by atoms with Crippen molar-refractivity contribution < 1.29 is 47.5 Å². The predicted molar refractivity (Wildman–Crippen MR) is 174 cm³/mol. The van der Waals surface area contributed by atoms with Crippen molar-refractivity contribution in [3.05, 3.63) is 35.9 Å². The van der Waals surface area contributed by atoms with Crippen LogP contribution in [0.2, 0.25) is 0 Å². The maximum absolute atomic E-state index is 11.9. The highest BCUT2D eigenvalue weighted by Crippen LogP contribution is 2.11. The molecule has 0 amide bonds. The Morgan fingerprint density at radius 1 is 0.422 bits per heavy atom. The molecule has 45 heavy (non-hydrogen) atoms. The fourth-order valence-electron chi connectivity index (χ4n) is 4.26. The summed E-state index contributed by atoms with van der Waals surface area (Å²) >= 11 is 0. The van der Waals surface area contributed by atoms with E-state index in [4.69, 9.17) is 37.9 Å². The Balaban J connectivity index is 1.67. The first kappa shape index (κ1) is 41.1. The topological polar surface area (TPSA) is 108 Å². The number of ether oxygens (including phenoxy) is 8. The van der Waals surface area contributed by atoms with E-state index in [-0.39, 0.29) is 13.2 Å². The van der Waals surface area contributed by atoms with Crippen LogP contribution in [-0.2, 0) is 42.7 Å². The summed E-state index contributed by atoms with van der Waals surface area (Å²) in [5.41, 5.74) is 0.303. The van der Waals surface area contributed by atoms with Crippen molar-refractivity contribution in [2.24, 2.45) is 0 Å². The van der Waals surface area contributed by atoms with Crippen molar-refractivity contribution >= 4 is 11.8 Å². The SMILES string of the molecule is CCCCCCCCCCCCCOCCOCCOCCOCCOCCOCCOCCOC(=O)C(=O)c1ccccc1. The highest BCUT2D eigenvalue weighted by atomic mass is 16.6. The van der Waals surface area contributed by atoms with Gasteiger partial charge in [-0.1, -0.05) is 101 Å². The Kier molecular flexibility index (Phi) is 30.5. The van der Waals surface area contributed by atoms with E-state index in [1.807, 2.05) is 0 Å². The molecule has 0 atom stereocenters. The Morgan fingerprint density at radius 3 is 1.16 bits per heavy atom. The summed E-state index contributed by atoms with van der Waals surface area (Å²) in [6.07, 6.45) is 14.8. The number of unbranched alkanes of at least 4 members (excludes halogenated alkanes) is 10. The Bertz CT molecular complexity index is 777. The summed E-state index contributed by atoms with van der Waals surface area (Å²) in [6, 6.07) is 8.29. The quantitative estimate of drug-likeness (QED) is 0.0389. The van der Waals surface area contributed by atoms with Gasteiger partial charge in [-0.3, -0.25) is 4.79 Å². The lowest BCUT2D eigenvalue weighted by molar-refractivity contribution is -0.139. The highest BCUT2D eigenvalue weighted by Gasteiger charge is 2.17. The number of ketones is 1. The van der Waals surface area contributed by atoms with Crippen molar-refractivity contribution in [1.82, 2.24) is 0 Å². The van der Waals surface area contributed by atoms with Crippen LogP contribution in [0.3, 0.4) is 0 Å². The van der Waals surface area contributed by atoms with Gasteiger partial charge in [0, 0.05) is 12.2 Å². The molecule has 1 rings (SSSR count).